The number of nitrogens with zero attached hydrogens (tertiary/aromatic N) is 2. The van der Waals surface area contributed by atoms with E-state index >= 15 is 0 Å². The second-order valence-electron chi connectivity index (χ2n) is 5.48. The third kappa shape index (κ3) is 2.84. The van der Waals surface area contributed by atoms with Crippen molar-refractivity contribution < 1.29 is 9.53 Å². The summed E-state index contributed by atoms with van der Waals surface area (Å²) in [4.78, 5) is 16.8. The van der Waals surface area contributed by atoms with Crippen LogP contribution >= 0.6 is 0 Å². The summed E-state index contributed by atoms with van der Waals surface area (Å²) in [6.07, 6.45) is 2.75. The van der Waals surface area contributed by atoms with Crippen LogP contribution in [0.1, 0.15) is 26.2 Å². The molecule has 5 nitrogen and oxygen atoms in total. The number of carbonyl (C=O) groups excluding carboxylic acids is 1. The Bertz CT molecular complexity index is 294. The van der Waals surface area contributed by atoms with E-state index in [-0.39, 0.29) is 12.0 Å². The molecule has 2 aliphatic heterocycles. The summed E-state index contributed by atoms with van der Waals surface area (Å²) in [6.45, 7) is 5.62. The van der Waals surface area contributed by atoms with Crippen molar-refractivity contribution in [3.63, 3.8) is 0 Å². The van der Waals surface area contributed by atoms with E-state index in [0.717, 1.165) is 13.1 Å². The van der Waals surface area contributed by atoms with Gasteiger partial charge >= 0.3 is 0 Å². The SMILES string of the molecule is COC(CN)CC(=O)N1CC2CCCN2CC1C. The fourth-order valence-electron chi connectivity index (χ4n) is 3.11. The molecule has 0 aromatic carbocycles. The van der Waals surface area contributed by atoms with Crippen LogP contribution in [0.4, 0.5) is 0 Å². The molecule has 0 bridgehead atoms. The van der Waals surface area contributed by atoms with Gasteiger partial charge in [0.15, 0.2) is 0 Å². The van der Waals surface area contributed by atoms with Gasteiger partial charge in [-0.25, -0.2) is 0 Å². The molecule has 0 saturated carbocycles. The van der Waals surface area contributed by atoms with Gasteiger partial charge in [0.1, 0.15) is 0 Å². The largest absolute Gasteiger partial charge is 0.380 e. The Hall–Kier alpha value is -0.650. The van der Waals surface area contributed by atoms with Crippen LogP contribution in [-0.2, 0) is 9.53 Å². The summed E-state index contributed by atoms with van der Waals surface area (Å²) in [5.41, 5.74) is 5.58. The van der Waals surface area contributed by atoms with Crippen molar-refractivity contribution in [2.45, 2.75) is 44.4 Å². The summed E-state index contributed by atoms with van der Waals surface area (Å²) < 4.78 is 5.20. The Balaban J connectivity index is 1.93. The highest BCUT2D eigenvalue weighted by molar-refractivity contribution is 5.77. The molecule has 18 heavy (non-hydrogen) atoms. The second kappa shape index (κ2) is 5.99. The molecular formula is C13H25N3O2. The minimum atomic E-state index is -0.147. The van der Waals surface area contributed by atoms with Gasteiger partial charge in [0, 0.05) is 38.8 Å². The van der Waals surface area contributed by atoms with Gasteiger partial charge in [-0.1, -0.05) is 0 Å². The van der Waals surface area contributed by atoms with Crippen molar-refractivity contribution in [3.8, 4) is 0 Å². The number of piperazine rings is 1. The van der Waals surface area contributed by atoms with Gasteiger partial charge in [0.2, 0.25) is 5.91 Å². The molecule has 3 unspecified atom stereocenters. The van der Waals surface area contributed by atoms with E-state index < -0.39 is 0 Å². The quantitative estimate of drug-likeness (QED) is 0.771. The molecule has 2 heterocycles. The molecule has 104 valence electrons. The summed E-state index contributed by atoms with van der Waals surface area (Å²) in [5.74, 6) is 0.186. The zero-order chi connectivity index (χ0) is 13.1. The third-order valence-corrected chi connectivity index (χ3v) is 4.26. The third-order valence-electron chi connectivity index (χ3n) is 4.26. The molecule has 0 aromatic heterocycles. The topological polar surface area (TPSA) is 58.8 Å². The number of rotatable bonds is 4. The van der Waals surface area contributed by atoms with Crippen LogP contribution in [0.2, 0.25) is 0 Å². The van der Waals surface area contributed by atoms with Crippen LogP contribution in [0.15, 0.2) is 0 Å². The normalized spacial score (nSPS) is 30.3. The number of hydrogen-bond donors (Lipinski definition) is 1. The molecule has 2 aliphatic rings. The monoisotopic (exact) mass is 255 g/mol. The zero-order valence-corrected chi connectivity index (χ0v) is 11.5. The van der Waals surface area contributed by atoms with Gasteiger partial charge in [0.25, 0.3) is 0 Å². The number of hydrogen-bond acceptors (Lipinski definition) is 4. The van der Waals surface area contributed by atoms with Crippen LogP contribution in [0.3, 0.4) is 0 Å². The molecule has 0 aromatic rings. The number of amides is 1. The maximum atomic E-state index is 12.3. The fraction of sp³-hybridized carbons (Fsp3) is 0.923. The van der Waals surface area contributed by atoms with Crippen LogP contribution in [0, 0.1) is 0 Å². The summed E-state index contributed by atoms with van der Waals surface area (Å²) in [7, 11) is 1.61. The van der Waals surface area contributed by atoms with E-state index in [9.17, 15) is 4.79 Å². The van der Waals surface area contributed by atoms with Crippen molar-refractivity contribution in [1.29, 1.82) is 0 Å². The summed E-state index contributed by atoms with van der Waals surface area (Å²) in [5, 5.41) is 0. The number of nitrogens with two attached hydrogens (primary N) is 1. The maximum absolute atomic E-state index is 12.3. The number of ether oxygens (including phenoxy) is 1. The molecule has 5 heteroatoms. The van der Waals surface area contributed by atoms with E-state index in [2.05, 4.69) is 11.8 Å². The Labute approximate surface area is 109 Å². The lowest BCUT2D eigenvalue weighted by molar-refractivity contribution is -0.139. The van der Waals surface area contributed by atoms with Crippen LogP contribution in [-0.4, -0.2) is 67.2 Å². The van der Waals surface area contributed by atoms with Gasteiger partial charge in [-0.15, -0.1) is 0 Å². The van der Waals surface area contributed by atoms with Gasteiger partial charge < -0.3 is 15.4 Å². The van der Waals surface area contributed by atoms with Gasteiger partial charge in [-0.05, 0) is 26.3 Å². The van der Waals surface area contributed by atoms with E-state index in [1.54, 1.807) is 7.11 Å². The van der Waals surface area contributed by atoms with Crippen molar-refractivity contribution in [1.82, 2.24) is 9.80 Å². The van der Waals surface area contributed by atoms with Crippen LogP contribution in [0.25, 0.3) is 0 Å². The van der Waals surface area contributed by atoms with Gasteiger partial charge in [-0.2, -0.15) is 0 Å². The lowest BCUT2D eigenvalue weighted by Crippen LogP contribution is -2.57. The van der Waals surface area contributed by atoms with Crippen molar-refractivity contribution in [2.75, 3.05) is 33.3 Å². The first kappa shape index (κ1) is 13.8. The minimum absolute atomic E-state index is 0.147. The Kier molecular flexibility index (Phi) is 4.59. The molecule has 2 rings (SSSR count). The first-order valence-electron chi connectivity index (χ1n) is 6.92. The lowest BCUT2D eigenvalue weighted by Gasteiger charge is -2.42. The Morgan fingerprint density at radius 1 is 1.50 bits per heavy atom. The molecule has 2 fully saturated rings. The average molecular weight is 255 g/mol. The molecule has 1 amide bonds. The van der Waals surface area contributed by atoms with Crippen molar-refractivity contribution in [3.05, 3.63) is 0 Å². The predicted octanol–water partition coefficient (Wildman–Crippen LogP) is 0.0453. The average Bonchev–Trinajstić information content (AvgIpc) is 2.81. The molecular weight excluding hydrogens is 230 g/mol. The molecule has 2 saturated heterocycles. The summed E-state index contributed by atoms with van der Waals surface area (Å²) >= 11 is 0. The first-order valence-corrected chi connectivity index (χ1v) is 6.92. The van der Waals surface area contributed by atoms with Crippen LogP contribution < -0.4 is 5.73 Å². The molecule has 0 radical (unpaired) electrons. The molecule has 3 atom stereocenters. The van der Waals surface area contributed by atoms with E-state index in [4.69, 9.17) is 10.5 Å². The van der Waals surface area contributed by atoms with E-state index in [1.165, 1.54) is 19.4 Å². The zero-order valence-electron chi connectivity index (χ0n) is 11.5. The van der Waals surface area contributed by atoms with E-state index in [0.29, 0.717) is 25.0 Å². The molecule has 2 N–H and O–H groups in total. The fourth-order valence-corrected chi connectivity index (χ4v) is 3.11. The van der Waals surface area contributed by atoms with Gasteiger partial charge in [0.05, 0.1) is 12.5 Å². The van der Waals surface area contributed by atoms with Gasteiger partial charge in [-0.3, -0.25) is 9.69 Å². The predicted molar refractivity (Wildman–Crippen MR) is 70.2 cm³/mol. The first-order chi connectivity index (χ1) is 8.65. The number of carbonyl (C=O) groups is 1. The maximum Gasteiger partial charge on any atom is 0.225 e. The number of fused-ring (bicyclic) bond motifs is 1. The second-order valence-corrected chi connectivity index (χ2v) is 5.48. The standard InChI is InChI=1S/C13H25N3O2/c1-10-8-15-5-3-4-11(15)9-16(10)13(17)6-12(7-14)18-2/h10-12H,3-9,14H2,1-2H3. The Morgan fingerprint density at radius 2 is 2.28 bits per heavy atom. The molecule has 0 spiro atoms. The highest BCUT2D eigenvalue weighted by Crippen LogP contribution is 2.25. The Morgan fingerprint density at radius 3 is 2.94 bits per heavy atom. The minimum Gasteiger partial charge on any atom is -0.380 e. The highest BCUT2D eigenvalue weighted by atomic mass is 16.5. The molecule has 0 aliphatic carbocycles. The van der Waals surface area contributed by atoms with Crippen LogP contribution in [0.5, 0.6) is 0 Å². The highest BCUT2D eigenvalue weighted by Gasteiger charge is 2.36. The lowest BCUT2D eigenvalue weighted by atomic mass is 10.1. The number of methoxy groups -OCH3 is 1. The summed E-state index contributed by atoms with van der Waals surface area (Å²) in [6, 6.07) is 0.881. The van der Waals surface area contributed by atoms with Crippen molar-refractivity contribution >= 4 is 5.91 Å². The smallest absolute Gasteiger partial charge is 0.225 e. The van der Waals surface area contributed by atoms with Crippen molar-refractivity contribution in [2.24, 2.45) is 5.73 Å². The van der Waals surface area contributed by atoms with E-state index in [1.807, 2.05) is 4.90 Å².